The summed E-state index contributed by atoms with van der Waals surface area (Å²) in [5.74, 6) is -2.62. The Hall–Kier alpha value is -3.28. The van der Waals surface area contributed by atoms with Gasteiger partial charge in [0.25, 0.3) is 5.91 Å². The highest BCUT2D eigenvalue weighted by Gasteiger charge is 2.43. The fourth-order valence-electron chi connectivity index (χ4n) is 4.41. The van der Waals surface area contributed by atoms with Crippen molar-refractivity contribution < 1.29 is 30.8 Å². The maximum Gasteiger partial charge on any atom is 0.270 e. The molecule has 1 atom stereocenters. The van der Waals surface area contributed by atoms with Crippen LogP contribution in [0.5, 0.6) is 0 Å². The summed E-state index contributed by atoms with van der Waals surface area (Å²) in [6, 6.07) is 15.0. The molecule has 1 aliphatic carbocycles. The standard InChI is InChI=1S/C28H28ClFN2O6S2/c1-3-40(37,38)23-13-4-18(5-14-23)16-26(33)31-22-12-15-24(25(30)17-22)28(34)32(39(2,35)36)27(19-6-7-19)20-8-10-21(29)11-9-20/h4-5,8-15,17,19,27H,3,6-7,16H2,1-2H3,(H,31,33). The van der Waals surface area contributed by atoms with E-state index in [-0.39, 0.29) is 28.7 Å². The van der Waals surface area contributed by atoms with Crippen molar-refractivity contribution in [2.45, 2.75) is 37.1 Å². The zero-order valence-electron chi connectivity index (χ0n) is 21.8. The van der Waals surface area contributed by atoms with Crippen LogP contribution in [0.1, 0.15) is 47.3 Å². The van der Waals surface area contributed by atoms with Gasteiger partial charge in [-0.05, 0) is 72.4 Å². The Balaban J connectivity index is 1.52. The molecule has 0 aromatic heterocycles. The van der Waals surface area contributed by atoms with Crippen molar-refractivity contribution in [3.8, 4) is 0 Å². The Morgan fingerprint density at radius 3 is 2.15 bits per heavy atom. The number of carbonyl (C=O) groups is 2. The fourth-order valence-corrected chi connectivity index (χ4v) is 6.53. The minimum Gasteiger partial charge on any atom is -0.326 e. The number of nitrogens with zero attached hydrogens (tertiary/aromatic N) is 1. The SMILES string of the molecule is CCS(=O)(=O)c1ccc(CC(=O)Nc2ccc(C(=O)N(C(c3ccc(Cl)cc3)C3CC3)S(C)(=O)=O)c(F)c2)cc1. The molecule has 4 rings (SSSR count). The quantitative estimate of drug-likeness (QED) is 0.347. The second-order valence-electron chi connectivity index (χ2n) is 9.66. The molecule has 1 N–H and O–H groups in total. The first kappa shape index (κ1) is 29.7. The highest BCUT2D eigenvalue weighted by atomic mass is 35.5. The number of sulfonamides is 1. The predicted octanol–water partition coefficient (Wildman–Crippen LogP) is 5.01. The van der Waals surface area contributed by atoms with E-state index in [0.29, 0.717) is 16.1 Å². The number of anilines is 1. The van der Waals surface area contributed by atoms with Crippen molar-refractivity contribution >= 4 is 49.0 Å². The van der Waals surface area contributed by atoms with Gasteiger partial charge in [0.05, 0.1) is 34.9 Å². The summed E-state index contributed by atoms with van der Waals surface area (Å²) in [5.41, 5.74) is 0.759. The van der Waals surface area contributed by atoms with Gasteiger partial charge >= 0.3 is 0 Å². The van der Waals surface area contributed by atoms with Gasteiger partial charge in [-0.25, -0.2) is 25.5 Å². The van der Waals surface area contributed by atoms with Crippen LogP contribution >= 0.6 is 11.6 Å². The van der Waals surface area contributed by atoms with Crippen molar-refractivity contribution in [1.29, 1.82) is 0 Å². The van der Waals surface area contributed by atoms with Gasteiger partial charge in [-0.15, -0.1) is 0 Å². The normalized spacial score (nSPS) is 14.4. The molecule has 12 heteroatoms. The predicted molar refractivity (Wildman–Crippen MR) is 151 cm³/mol. The number of nitrogens with one attached hydrogen (secondary N) is 1. The van der Waals surface area contributed by atoms with Gasteiger partial charge in [-0.2, -0.15) is 0 Å². The van der Waals surface area contributed by atoms with Gasteiger partial charge < -0.3 is 5.32 Å². The Morgan fingerprint density at radius 1 is 1.00 bits per heavy atom. The summed E-state index contributed by atoms with van der Waals surface area (Å²) >= 11 is 5.98. The van der Waals surface area contributed by atoms with Crippen LogP contribution in [0.25, 0.3) is 0 Å². The van der Waals surface area contributed by atoms with E-state index >= 15 is 4.39 Å². The van der Waals surface area contributed by atoms with Crippen LogP contribution in [0.2, 0.25) is 5.02 Å². The number of hydrogen-bond donors (Lipinski definition) is 1. The van der Waals surface area contributed by atoms with E-state index in [1.807, 2.05) is 0 Å². The Kier molecular flexibility index (Phi) is 8.67. The largest absolute Gasteiger partial charge is 0.326 e. The Labute approximate surface area is 238 Å². The molecule has 0 bridgehead atoms. The van der Waals surface area contributed by atoms with E-state index in [9.17, 15) is 26.4 Å². The summed E-state index contributed by atoms with van der Waals surface area (Å²) in [7, 11) is -7.46. The number of rotatable bonds is 10. The average Bonchev–Trinajstić information content (AvgIpc) is 3.72. The molecule has 1 saturated carbocycles. The maximum absolute atomic E-state index is 15.2. The van der Waals surface area contributed by atoms with Gasteiger partial charge in [0.2, 0.25) is 15.9 Å². The highest BCUT2D eigenvalue weighted by molar-refractivity contribution is 7.91. The van der Waals surface area contributed by atoms with Crippen molar-refractivity contribution in [3.63, 3.8) is 0 Å². The molecule has 40 heavy (non-hydrogen) atoms. The monoisotopic (exact) mass is 606 g/mol. The van der Waals surface area contributed by atoms with Crippen LogP contribution in [-0.2, 0) is 31.1 Å². The minimum atomic E-state index is -4.09. The third-order valence-corrected chi connectivity index (χ3v) is 9.71. The summed E-state index contributed by atoms with van der Waals surface area (Å²) in [4.78, 5) is 26.2. The number of hydrogen-bond acceptors (Lipinski definition) is 6. The molecule has 1 unspecified atom stereocenters. The number of carbonyl (C=O) groups excluding carboxylic acids is 2. The molecule has 2 amide bonds. The highest BCUT2D eigenvalue weighted by Crippen LogP contribution is 2.46. The van der Waals surface area contributed by atoms with Gasteiger partial charge in [0, 0.05) is 10.7 Å². The van der Waals surface area contributed by atoms with E-state index < -0.39 is 49.1 Å². The summed E-state index contributed by atoms with van der Waals surface area (Å²) in [6.07, 6.45) is 2.25. The Morgan fingerprint density at radius 2 is 1.62 bits per heavy atom. The first-order valence-corrected chi connectivity index (χ1v) is 16.4. The van der Waals surface area contributed by atoms with Crippen LogP contribution in [0.15, 0.2) is 71.6 Å². The minimum absolute atomic E-state index is 0.0405. The topological polar surface area (TPSA) is 118 Å². The number of amides is 2. The van der Waals surface area contributed by atoms with Gasteiger partial charge in [0.15, 0.2) is 9.84 Å². The summed E-state index contributed by atoms with van der Waals surface area (Å²) in [6.45, 7) is 1.54. The smallest absolute Gasteiger partial charge is 0.270 e. The van der Waals surface area contributed by atoms with E-state index in [0.717, 1.165) is 35.5 Å². The van der Waals surface area contributed by atoms with Gasteiger partial charge in [-0.1, -0.05) is 42.8 Å². The second-order valence-corrected chi connectivity index (χ2v) is 14.2. The van der Waals surface area contributed by atoms with Crippen molar-refractivity contribution in [2.24, 2.45) is 5.92 Å². The lowest BCUT2D eigenvalue weighted by Gasteiger charge is -2.30. The molecular weight excluding hydrogens is 579 g/mol. The van der Waals surface area contributed by atoms with Crippen LogP contribution in [0.4, 0.5) is 10.1 Å². The van der Waals surface area contributed by atoms with Crippen LogP contribution in [0, 0.1) is 11.7 Å². The van der Waals surface area contributed by atoms with E-state index in [1.165, 1.54) is 30.3 Å². The molecule has 1 fully saturated rings. The lowest BCUT2D eigenvalue weighted by molar-refractivity contribution is -0.115. The molecule has 0 saturated heterocycles. The van der Waals surface area contributed by atoms with Gasteiger partial charge in [0.1, 0.15) is 5.82 Å². The average molecular weight is 607 g/mol. The Bertz CT molecular complexity index is 1640. The molecule has 0 heterocycles. The fraction of sp³-hybridized carbons (Fsp3) is 0.286. The molecule has 0 radical (unpaired) electrons. The third kappa shape index (κ3) is 6.89. The second kappa shape index (κ2) is 11.7. The molecule has 0 spiro atoms. The van der Waals surface area contributed by atoms with E-state index in [4.69, 9.17) is 11.6 Å². The molecular formula is C28H28ClFN2O6S2. The van der Waals surface area contributed by atoms with E-state index in [2.05, 4.69) is 5.32 Å². The maximum atomic E-state index is 15.2. The molecule has 8 nitrogen and oxygen atoms in total. The summed E-state index contributed by atoms with van der Waals surface area (Å²) < 4.78 is 65.5. The molecule has 1 aliphatic rings. The zero-order valence-corrected chi connectivity index (χ0v) is 24.2. The molecule has 0 aliphatic heterocycles. The van der Waals surface area contributed by atoms with E-state index in [1.54, 1.807) is 31.2 Å². The summed E-state index contributed by atoms with van der Waals surface area (Å²) in [5, 5.41) is 3.00. The van der Waals surface area contributed by atoms with Crippen molar-refractivity contribution in [1.82, 2.24) is 4.31 Å². The number of benzene rings is 3. The van der Waals surface area contributed by atoms with Crippen LogP contribution in [-0.4, -0.2) is 45.0 Å². The first-order chi connectivity index (χ1) is 18.8. The lowest BCUT2D eigenvalue weighted by Crippen LogP contribution is -2.40. The molecule has 3 aromatic rings. The van der Waals surface area contributed by atoms with Crippen LogP contribution < -0.4 is 5.32 Å². The zero-order chi connectivity index (χ0) is 29.2. The van der Waals surface area contributed by atoms with Crippen LogP contribution in [0.3, 0.4) is 0 Å². The van der Waals surface area contributed by atoms with Crippen molar-refractivity contribution in [3.05, 3.63) is 94.3 Å². The molecule has 212 valence electrons. The number of sulfone groups is 1. The first-order valence-electron chi connectivity index (χ1n) is 12.5. The van der Waals surface area contributed by atoms with Crippen molar-refractivity contribution in [2.75, 3.05) is 17.3 Å². The van der Waals surface area contributed by atoms with Gasteiger partial charge in [-0.3, -0.25) is 9.59 Å². The lowest BCUT2D eigenvalue weighted by atomic mass is 10.0. The third-order valence-electron chi connectivity index (χ3n) is 6.60. The molecule has 3 aromatic carbocycles. The number of halogens is 2.